The van der Waals surface area contributed by atoms with E-state index in [2.05, 4.69) is 10.2 Å². The molecule has 0 atom stereocenters. The summed E-state index contributed by atoms with van der Waals surface area (Å²) in [5.41, 5.74) is -0.348. The Morgan fingerprint density at radius 1 is 1.32 bits per heavy atom. The zero-order chi connectivity index (χ0) is 16.0. The topological polar surface area (TPSA) is 85.9 Å². The van der Waals surface area contributed by atoms with Gasteiger partial charge >= 0.3 is 0 Å². The van der Waals surface area contributed by atoms with Crippen molar-refractivity contribution >= 4 is 10.0 Å². The fraction of sp³-hybridized carbons (Fsp3) is 0.500. The normalized spacial score (nSPS) is 21.5. The molecule has 1 aromatic rings. The predicted octanol–water partition coefficient (Wildman–Crippen LogP) is 2.28. The molecule has 1 saturated heterocycles. The molecule has 0 unspecified atom stereocenters. The van der Waals surface area contributed by atoms with Gasteiger partial charge in [0.05, 0.1) is 16.5 Å². The molecule has 0 amide bonds. The number of rotatable bonds is 3. The van der Waals surface area contributed by atoms with Gasteiger partial charge in [0, 0.05) is 19.0 Å². The number of benzene rings is 1. The predicted molar refractivity (Wildman–Crippen MR) is 75.9 cm³/mol. The van der Waals surface area contributed by atoms with Crippen LogP contribution in [0.1, 0.15) is 25.3 Å². The van der Waals surface area contributed by atoms with Crippen molar-refractivity contribution in [3.63, 3.8) is 0 Å². The molecule has 2 heterocycles. The molecule has 1 aromatic carbocycles. The Bertz CT molecular complexity index is 771. The van der Waals surface area contributed by atoms with Crippen molar-refractivity contribution in [3.8, 4) is 6.07 Å². The van der Waals surface area contributed by atoms with Gasteiger partial charge in [0.1, 0.15) is 5.82 Å². The lowest BCUT2D eigenvalue weighted by Gasteiger charge is -2.32. The molecule has 0 bridgehead atoms. The van der Waals surface area contributed by atoms with Crippen molar-refractivity contribution in [2.45, 2.75) is 30.3 Å². The summed E-state index contributed by atoms with van der Waals surface area (Å²) in [5.74, 6) is -0.475. The number of halogens is 1. The number of nitriles is 1. The van der Waals surface area contributed by atoms with Crippen LogP contribution < -0.4 is 0 Å². The van der Waals surface area contributed by atoms with E-state index >= 15 is 0 Å². The first-order chi connectivity index (χ1) is 10.3. The van der Waals surface area contributed by atoms with Gasteiger partial charge in [0.25, 0.3) is 0 Å². The molecule has 0 aromatic heterocycles. The van der Waals surface area contributed by atoms with E-state index in [0.717, 1.165) is 12.1 Å². The third kappa shape index (κ3) is 2.62. The van der Waals surface area contributed by atoms with Gasteiger partial charge in [-0.3, -0.25) is 0 Å². The molecule has 116 valence electrons. The van der Waals surface area contributed by atoms with E-state index in [-0.39, 0.29) is 22.0 Å². The molecule has 1 fully saturated rings. The van der Waals surface area contributed by atoms with Crippen LogP contribution in [0.3, 0.4) is 0 Å². The van der Waals surface area contributed by atoms with Crippen LogP contribution >= 0.6 is 0 Å². The second-order valence-electron chi connectivity index (χ2n) is 5.76. The summed E-state index contributed by atoms with van der Waals surface area (Å²) in [6, 6.07) is 4.95. The monoisotopic (exact) mass is 322 g/mol. The molecular weight excluding hydrogens is 307 g/mol. The molecule has 22 heavy (non-hydrogen) atoms. The molecule has 6 nitrogen and oxygen atoms in total. The minimum Gasteiger partial charge on any atom is -0.207 e. The highest BCUT2D eigenvalue weighted by Gasteiger charge is 2.45. The summed E-state index contributed by atoms with van der Waals surface area (Å²) < 4.78 is 40.0. The minimum atomic E-state index is -3.78. The number of hydrogen-bond acceptors (Lipinski definition) is 5. The van der Waals surface area contributed by atoms with Gasteiger partial charge in [0.2, 0.25) is 10.0 Å². The Labute approximate surface area is 128 Å². The van der Waals surface area contributed by atoms with Crippen LogP contribution in [0.25, 0.3) is 0 Å². The lowest BCUT2D eigenvalue weighted by molar-refractivity contribution is 0.232. The van der Waals surface area contributed by atoms with Crippen molar-refractivity contribution in [1.82, 2.24) is 4.31 Å². The number of sulfonamides is 1. The molecule has 8 heteroatoms. The molecule has 0 N–H and O–H groups in total. The quantitative estimate of drug-likeness (QED) is 0.855. The molecule has 3 rings (SSSR count). The molecule has 0 saturated carbocycles. The van der Waals surface area contributed by atoms with Gasteiger partial charge in [-0.05, 0) is 38.0 Å². The van der Waals surface area contributed by atoms with Crippen molar-refractivity contribution in [1.29, 1.82) is 5.26 Å². The maximum absolute atomic E-state index is 13.5. The SMILES string of the molecule is CC1(C2CCN(S(=O)(=O)c3cc(F)cc(C#N)c3)CC2)N=N1. The zero-order valence-electron chi connectivity index (χ0n) is 12.0. The third-order valence-corrected chi connectivity index (χ3v) is 6.16. The summed E-state index contributed by atoms with van der Waals surface area (Å²) in [5, 5.41) is 16.9. The van der Waals surface area contributed by atoms with Crippen molar-refractivity contribution < 1.29 is 12.8 Å². The second kappa shape index (κ2) is 5.11. The van der Waals surface area contributed by atoms with Gasteiger partial charge in [-0.15, -0.1) is 0 Å². The lowest BCUT2D eigenvalue weighted by atomic mass is 9.89. The van der Waals surface area contributed by atoms with Gasteiger partial charge in [-0.1, -0.05) is 0 Å². The average molecular weight is 322 g/mol. The van der Waals surface area contributed by atoms with E-state index in [0.29, 0.717) is 25.9 Å². The summed E-state index contributed by atoms with van der Waals surface area (Å²) in [6.07, 6.45) is 1.34. The van der Waals surface area contributed by atoms with E-state index in [1.54, 1.807) is 6.07 Å². The second-order valence-corrected chi connectivity index (χ2v) is 7.70. The Balaban J connectivity index is 1.79. The lowest BCUT2D eigenvalue weighted by Crippen LogP contribution is -2.41. The Morgan fingerprint density at radius 2 is 1.95 bits per heavy atom. The average Bonchev–Trinajstić information content (AvgIpc) is 3.26. The summed E-state index contributed by atoms with van der Waals surface area (Å²) in [4.78, 5) is -0.172. The fourth-order valence-corrected chi connectivity index (χ4v) is 4.34. The van der Waals surface area contributed by atoms with E-state index < -0.39 is 15.8 Å². The van der Waals surface area contributed by atoms with Gasteiger partial charge in [0.15, 0.2) is 5.66 Å². The highest BCUT2D eigenvalue weighted by atomic mass is 32.2. The summed E-state index contributed by atoms with van der Waals surface area (Å²) in [7, 11) is -3.78. The highest BCUT2D eigenvalue weighted by molar-refractivity contribution is 7.89. The van der Waals surface area contributed by atoms with E-state index in [1.807, 2.05) is 6.92 Å². The van der Waals surface area contributed by atoms with Gasteiger partial charge < -0.3 is 0 Å². The van der Waals surface area contributed by atoms with E-state index in [4.69, 9.17) is 5.26 Å². The van der Waals surface area contributed by atoms with Crippen LogP contribution in [-0.2, 0) is 10.0 Å². The van der Waals surface area contributed by atoms with Crippen molar-refractivity contribution in [2.24, 2.45) is 16.1 Å². The Morgan fingerprint density at radius 3 is 2.50 bits per heavy atom. The van der Waals surface area contributed by atoms with Crippen LogP contribution in [0.4, 0.5) is 4.39 Å². The summed E-state index contributed by atoms with van der Waals surface area (Å²) in [6.45, 7) is 2.64. The molecule has 2 aliphatic heterocycles. The Hall–Kier alpha value is -1.85. The van der Waals surface area contributed by atoms with Gasteiger partial charge in [-0.2, -0.15) is 19.8 Å². The van der Waals surface area contributed by atoms with E-state index in [9.17, 15) is 12.8 Å². The molecule has 0 radical (unpaired) electrons. The zero-order valence-corrected chi connectivity index (χ0v) is 12.8. The molecular formula is C14H15FN4O2S. The van der Waals surface area contributed by atoms with E-state index in [1.165, 1.54) is 10.4 Å². The highest BCUT2D eigenvalue weighted by Crippen LogP contribution is 2.41. The fourth-order valence-electron chi connectivity index (χ4n) is 2.81. The largest absolute Gasteiger partial charge is 0.243 e. The molecule has 2 aliphatic rings. The van der Waals surface area contributed by atoms with Crippen LogP contribution in [0.15, 0.2) is 33.3 Å². The first kappa shape index (κ1) is 15.1. The minimum absolute atomic E-state index is 0.00319. The van der Waals surface area contributed by atoms with Crippen LogP contribution in [0.5, 0.6) is 0 Å². The first-order valence-electron chi connectivity index (χ1n) is 7.00. The van der Waals surface area contributed by atoms with Crippen molar-refractivity contribution in [3.05, 3.63) is 29.6 Å². The Kier molecular flexibility index (Phi) is 3.50. The first-order valence-corrected chi connectivity index (χ1v) is 8.44. The smallest absolute Gasteiger partial charge is 0.207 e. The third-order valence-electron chi connectivity index (χ3n) is 4.28. The van der Waals surface area contributed by atoms with Gasteiger partial charge in [-0.25, -0.2) is 12.8 Å². The van der Waals surface area contributed by atoms with Crippen LogP contribution in [0, 0.1) is 23.1 Å². The summed E-state index contributed by atoms with van der Waals surface area (Å²) >= 11 is 0. The van der Waals surface area contributed by atoms with Crippen LogP contribution in [0.2, 0.25) is 0 Å². The van der Waals surface area contributed by atoms with Crippen molar-refractivity contribution in [2.75, 3.05) is 13.1 Å². The number of hydrogen-bond donors (Lipinski definition) is 0. The number of nitrogens with zero attached hydrogens (tertiary/aromatic N) is 4. The van der Waals surface area contributed by atoms with Crippen LogP contribution in [-0.4, -0.2) is 31.5 Å². The maximum Gasteiger partial charge on any atom is 0.243 e. The number of piperidine rings is 1. The molecule has 0 aliphatic carbocycles. The standard InChI is InChI=1S/C14H15FN4O2S/c1-14(17-18-14)11-2-4-19(5-3-11)22(20,21)13-7-10(9-16)6-12(15)8-13/h6-8,11H,2-5H2,1H3. The maximum atomic E-state index is 13.5. The molecule has 0 spiro atoms.